The zero-order chi connectivity index (χ0) is 19.6. The van der Waals surface area contributed by atoms with E-state index in [2.05, 4.69) is 58.9 Å². The van der Waals surface area contributed by atoms with Crippen molar-refractivity contribution in [3.05, 3.63) is 0 Å². The highest BCUT2D eigenvalue weighted by atomic mass is 28.4. The lowest BCUT2D eigenvalue weighted by molar-refractivity contribution is -0.282. The fraction of sp³-hybridized carbons (Fsp3) is 1.00. The Hall–Kier alpha value is 0.411. The van der Waals surface area contributed by atoms with Crippen LogP contribution in [0.1, 0.15) is 0 Å². The summed E-state index contributed by atoms with van der Waals surface area (Å²) in [4.78, 5) is 0. The molecule has 0 aromatic rings. The van der Waals surface area contributed by atoms with E-state index in [9.17, 15) is 5.11 Å². The normalized spacial score (nSPS) is 32.0. The summed E-state index contributed by atoms with van der Waals surface area (Å²) in [7, 11) is -3.83. The molecule has 150 valence electrons. The van der Waals surface area contributed by atoms with E-state index in [1.807, 2.05) is 0 Å². The molecular weight excluding hydrogens is 372 g/mol. The molecule has 0 aromatic carbocycles. The SMILES string of the molecule is COC1C(CO[Si](C)(C)C)OC(O)C(O[Si](C)(C)C)C1O[Si](C)(C)C. The molecule has 9 heteroatoms. The summed E-state index contributed by atoms with van der Waals surface area (Å²) in [6.45, 7) is 19.4. The van der Waals surface area contributed by atoms with Gasteiger partial charge in [0.15, 0.2) is 31.2 Å². The Balaban J connectivity index is 3.06. The van der Waals surface area contributed by atoms with E-state index in [4.69, 9.17) is 22.8 Å². The monoisotopic (exact) mass is 410 g/mol. The Bertz CT molecular complexity index is 416. The zero-order valence-electron chi connectivity index (χ0n) is 17.6. The van der Waals surface area contributed by atoms with Gasteiger partial charge in [0.25, 0.3) is 0 Å². The van der Waals surface area contributed by atoms with Gasteiger partial charge in [-0.3, -0.25) is 0 Å². The summed E-state index contributed by atoms with van der Waals surface area (Å²) < 4.78 is 30.2. The second kappa shape index (κ2) is 8.61. The van der Waals surface area contributed by atoms with Gasteiger partial charge in [0, 0.05) is 7.11 Å². The van der Waals surface area contributed by atoms with Gasteiger partial charge in [-0.25, -0.2) is 0 Å². The molecule has 0 spiro atoms. The maximum absolute atomic E-state index is 10.6. The van der Waals surface area contributed by atoms with Crippen molar-refractivity contribution >= 4 is 25.0 Å². The van der Waals surface area contributed by atoms with Gasteiger partial charge in [-0.15, -0.1) is 0 Å². The van der Waals surface area contributed by atoms with Crippen LogP contribution in [0.4, 0.5) is 0 Å². The van der Waals surface area contributed by atoms with Gasteiger partial charge in [0.1, 0.15) is 24.4 Å². The van der Waals surface area contributed by atoms with Gasteiger partial charge in [-0.1, -0.05) is 0 Å². The molecule has 1 saturated heterocycles. The Kier molecular flexibility index (Phi) is 8.08. The number of ether oxygens (including phenoxy) is 2. The van der Waals surface area contributed by atoms with Crippen molar-refractivity contribution in [1.29, 1.82) is 0 Å². The van der Waals surface area contributed by atoms with Crippen molar-refractivity contribution in [3.8, 4) is 0 Å². The molecule has 1 N–H and O–H groups in total. The maximum Gasteiger partial charge on any atom is 0.184 e. The van der Waals surface area contributed by atoms with Gasteiger partial charge in [0.2, 0.25) is 0 Å². The number of methoxy groups -OCH3 is 1. The summed E-state index contributed by atoms with van der Waals surface area (Å²) in [5.41, 5.74) is 0. The predicted octanol–water partition coefficient (Wildman–Crippen LogP) is 3.01. The largest absolute Gasteiger partial charge is 0.415 e. The van der Waals surface area contributed by atoms with Crippen molar-refractivity contribution in [3.63, 3.8) is 0 Å². The highest BCUT2D eigenvalue weighted by Gasteiger charge is 2.49. The molecule has 5 atom stereocenters. The fourth-order valence-corrected chi connectivity index (χ4v) is 5.54. The van der Waals surface area contributed by atoms with Crippen molar-refractivity contribution in [2.45, 2.75) is 89.6 Å². The molecule has 1 rings (SSSR count). The minimum Gasteiger partial charge on any atom is -0.415 e. The first-order valence-corrected chi connectivity index (χ1v) is 19.2. The molecule has 25 heavy (non-hydrogen) atoms. The Morgan fingerprint density at radius 1 is 0.760 bits per heavy atom. The summed E-state index contributed by atoms with van der Waals surface area (Å²) >= 11 is 0. The van der Waals surface area contributed by atoms with Crippen molar-refractivity contribution in [2.24, 2.45) is 0 Å². The van der Waals surface area contributed by atoms with Crippen LogP contribution < -0.4 is 0 Å². The first-order valence-electron chi connectivity index (χ1n) is 8.99. The third-order valence-corrected chi connectivity index (χ3v) is 6.53. The van der Waals surface area contributed by atoms with E-state index in [0.717, 1.165) is 0 Å². The molecule has 0 aliphatic carbocycles. The maximum atomic E-state index is 10.6. The van der Waals surface area contributed by atoms with E-state index >= 15 is 0 Å². The molecule has 0 amide bonds. The number of aliphatic hydroxyl groups excluding tert-OH is 1. The Morgan fingerprint density at radius 2 is 1.24 bits per heavy atom. The first-order chi connectivity index (χ1) is 11.1. The number of hydrogen-bond acceptors (Lipinski definition) is 6. The van der Waals surface area contributed by atoms with E-state index in [0.29, 0.717) is 6.61 Å². The molecular formula is C16H38O6Si3. The predicted molar refractivity (Wildman–Crippen MR) is 107 cm³/mol. The summed E-state index contributed by atoms with van der Waals surface area (Å²) in [5, 5.41) is 10.6. The van der Waals surface area contributed by atoms with Crippen LogP contribution in [0, 0.1) is 0 Å². The van der Waals surface area contributed by atoms with Gasteiger partial charge < -0.3 is 27.9 Å². The smallest absolute Gasteiger partial charge is 0.184 e. The average Bonchev–Trinajstić information content (AvgIpc) is 2.37. The van der Waals surface area contributed by atoms with Crippen molar-refractivity contribution in [1.82, 2.24) is 0 Å². The molecule has 1 aliphatic rings. The Labute approximate surface area is 156 Å². The third-order valence-electron chi connectivity index (χ3n) is 3.54. The molecule has 1 aliphatic heterocycles. The topological polar surface area (TPSA) is 66.4 Å². The summed E-state index contributed by atoms with van der Waals surface area (Å²) in [5.74, 6) is 0. The standard InChI is InChI=1S/C16H38O6Si3/c1-18-13-12(11-19-23(2,3)4)20-16(17)15(22-25(8,9)10)14(13)21-24(5,6)7/h12-17H,11H2,1-10H3. The molecule has 0 radical (unpaired) electrons. The molecule has 0 aromatic heterocycles. The highest BCUT2D eigenvalue weighted by molar-refractivity contribution is 6.70. The fourth-order valence-electron chi connectivity index (χ4n) is 2.72. The Morgan fingerprint density at radius 3 is 1.64 bits per heavy atom. The van der Waals surface area contributed by atoms with Crippen LogP contribution in [-0.2, 0) is 22.8 Å². The minimum atomic E-state index is -1.90. The second-order valence-corrected chi connectivity index (χ2v) is 23.0. The van der Waals surface area contributed by atoms with Crippen LogP contribution in [0.5, 0.6) is 0 Å². The van der Waals surface area contributed by atoms with E-state index < -0.39 is 37.3 Å². The van der Waals surface area contributed by atoms with E-state index in [-0.39, 0.29) is 18.3 Å². The summed E-state index contributed by atoms with van der Waals surface area (Å²) in [6, 6.07) is 0. The van der Waals surface area contributed by atoms with Crippen LogP contribution in [0.25, 0.3) is 0 Å². The molecule has 0 bridgehead atoms. The van der Waals surface area contributed by atoms with Crippen LogP contribution in [0.3, 0.4) is 0 Å². The lowest BCUT2D eigenvalue weighted by Gasteiger charge is -2.48. The number of rotatable bonds is 8. The van der Waals surface area contributed by atoms with E-state index in [1.54, 1.807) is 7.11 Å². The minimum absolute atomic E-state index is 0.340. The average molecular weight is 411 g/mol. The van der Waals surface area contributed by atoms with Crippen LogP contribution >= 0.6 is 0 Å². The molecule has 0 saturated carbocycles. The van der Waals surface area contributed by atoms with Crippen LogP contribution in [0.15, 0.2) is 0 Å². The number of hydrogen-bond donors (Lipinski definition) is 1. The van der Waals surface area contributed by atoms with E-state index in [1.165, 1.54) is 0 Å². The van der Waals surface area contributed by atoms with Crippen molar-refractivity contribution < 1.29 is 27.9 Å². The lowest BCUT2D eigenvalue weighted by atomic mass is 9.99. The number of aliphatic hydroxyl groups is 1. The zero-order valence-corrected chi connectivity index (χ0v) is 20.6. The molecule has 6 nitrogen and oxygen atoms in total. The third kappa shape index (κ3) is 8.31. The van der Waals surface area contributed by atoms with Gasteiger partial charge in [0.05, 0.1) is 6.61 Å². The molecule has 1 fully saturated rings. The van der Waals surface area contributed by atoms with Gasteiger partial charge >= 0.3 is 0 Å². The molecule has 5 unspecified atom stereocenters. The highest BCUT2D eigenvalue weighted by Crippen LogP contribution is 2.31. The van der Waals surface area contributed by atoms with Gasteiger partial charge in [-0.2, -0.15) is 0 Å². The summed E-state index contributed by atoms with van der Waals surface area (Å²) in [6.07, 6.45) is -2.69. The van der Waals surface area contributed by atoms with Gasteiger partial charge in [-0.05, 0) is 58.9 Å². The lowest BCUT2D eigenvalue weighted by Crippen LogP contribution is -2.64. The van der Waals surface area contributed by atoms with Crippen LogP contribution in [-0.4, -0.2) is 74.5 Å². The second-order valence-electron chi connectivity index (χ2n) is 9.58. The van der Waals surface area contributed by atoms with Crippen LogP contribution in [0.2, 0.25) is 58.9 Å². The molecule has 1 heterocycles. The van der Waals surface area contributed by atoms with Crippen molar-refractivity contribution in [2.75, 3.05) is 13.7 Å². The first kappa shape index (κ1) is 23.5. The quantitative estimate of drug-likeness (QED) is 0.621.